The normalized spacial score (nSPS) is 10.9. The van der Waals surface area contributed by atoms with E-state index in [1.165, 1.54) is 4.70 Å². The quantitative estimate of drug-likeness (QED) is 0.643. The summed E-state index contributed by atoms with van der Waals surface area (Å²) in [5, 5.41) is 3.57. The van der Waals surface area contributed by atoms with E-state index in [4.69, 9.17) is 0 Å². The highest BCUT2D eigenvalue weighted by Gasteiger charge is 2.07. The second-order valence-corrected chi connectivity index (χ2v) is 6.60. The number of fused-ring (bicyclic) bond motifs is 1. The average Bonchev–Trinajstić information content (AvgIpc) is 2.93. The van der Waals surface area contributed by atoms with Crippen molar-refractivity contribution in [1.82, 2.24) is 4.98 Å². The Morgan fingerprint density at radius 3 is 2.58 bits per heavy atom. The zero-order valence-corrected chi connectivity index (χ0v) is 13.7. The predicted octanol–water partition coefficient (Wildman–Crippen LogP) is 4.93. The molecule has 3 aromatic rings. The van der Waals surface area contributed by atoms with Gasteiger partial charge in [0.25, 0.3) is 0 Å². The largest absolute Gasteiger partial charge is 0.326 e. The van der Waals surface area contributed by atoms with Crippen LogP contribution in [0.15, 0.2) is 42.5 Å². The van der Waals surface area contributed by atoms with E-state index >= 15 is 0 Å². The fourth-order valence-corrected chi connectivity index (χ4v) is 3.45. The number of hydrogen-bond acceptors (Lipinski definition) is 3. The zero-order valence-electron chi connectivity index (χ0n) is 12.9. The number of nitrogens with zero attached hydrogens (tertiary/aromatic N) is 1. The first kappa shape index (κ1) is 16.5. The van der Waals surface area contributed by atoms with Crippen LogP contribution in [-0.2, 0) is 11.2 Å². The van der Waals surface area contributed by atoms with Gasteiger partial charge in [-0.05, 0) is 43.5 Å². The van der Waals surface area contributed by atoms with E-state index in [1.54, 1.807) is 11.3 Å². The Bertz CT molecular complexity index is 810. The third-order valence-electron chi connectivity index (χ3n) is 3.53. The number of carbonyl (C=O) groups excluding carboxylic acids is 1. The number of unbranched alkanes of at least 4 members (excludes halogenated alkanes) is 1. The Kier molecular flexibility index (Phi) is 5.15. The fraction of sp³-hybridized carbons (Fsp3) is 0.222. The van der Waals surface area contributed by atoms with Crippen LogP contribution < -0.4 is 5.32 Å². The van der Waals surface area contributed by atoms with E-state index in [0.29, 0.717) is 12.8 Å². The van der Waals surface area contributed by atoms with Crippen LogP contribution in [0.25, 0.3) is 10.2 Å². The molecule has 2 aromatic carbocycles. The summed E-state index contributed by atoms with van der Waals surface area (Å²) in [7, 11) is 0. The Morgan fingerprint density at radius 1 is 1.08 bits per heavy atom. The number of anilines is 1. The standard InChI is InChI=1S/C18H16F2N2OS/c19-12-9-13(20)11-14(10-12)21-17(23)7-3-4-8-18-22-15-5-1-2-6-16(15)24-18/h1-2,5-6,9-11H,3-4,7-8H2,(H,21,23). The Hall–Kier alpha value is -2.34. The van der Waals surface area contributed by atoms with Gasteiger partial charge in [0.2, 0.25) is 5.91 Å². The van der Waals surface area contributed by atoms with Crippen LogP contribution >= 0.6 is 11.3 Å². The second kappa shape index (κ2) is 7.49. The molecule has 0 unspecified atom stereocenters. The predicted molar refractivity (Wildman–Crippen MR) is 92.2 cm³/mol. The molecular formula is C18H16F2N2OS. The van der Waals surface area contributed by atoms with E-state index in [2.05, 4.69) is 10.3 Å². The third kappa shape index (κ3) is 4.35. The maximum absolute atomic E-state index is 13.1. The lowest BCUT2D eigenvalue weighted by atomic mass is 10.2. The molecule has 0 spiro atoms. The van der Waals surface area contributed by atoms with Crippen molar-refractivity contribution in [3.05, 3.63) is 59.1 Å². The molecule has 124 valence electrons. The smallest absolute Gasteiger partial charge is 0.224 e. The van der Waals surface area contributed by atoms with Gasteiger partial charge in [-0.25, -0.2) is 13.8 Å². The topological polar surface area (TPSA) is 42.0 Å². The molecule has 1 heterocycles. The summed E-state index contributed by atoms with van der Waals surface area (Å²) in [6.07, 6.45) is 2.66. The van der Waals surface area contributed by atoms with Gasteiger partial charge in [0.15, 0.2) is 0 Å². The number of para-hydroxylation sites is 1. The number of nitrogens with one attached hydrogen (secondary N) is 1. The Labute approximate surface area is 142 Å². The van der Waals surface area contributed by atoms with Gasteiger partial charge in [0, 0.05) is 18.2 Å². The summed E-state index contributed by atoms with van der Waals surface area (Å²) in [6, 6.07) is 11.0. The Balaban J connectivity index is 1.45. The van der Waals surface area contributed by atoms with Gasteiger partial charge < -0.3 is 5.32 Å². The van der Waals surface area contributed by atoms with Crippen molar-refractivity contribution in [1.29, 1.82) is 0 Å². The highest BCUT2D eigenvalue weighted by atomic mass is 32.1. The molecule has 6 heteroatoms. The second-order valence-electron chi connectivity index (χ2n) is 5.49. The van der Waals surface area contributed by atoms with Crippen molar-refractivity contribution >= 4 is 33.1 Å². The minimum atomic E-state index is -0.707. The SMILES string of the molecule is O=C(CCCCc1nc2ccccc2s1)Nc1cc(F)cc(F)c1. The Morgan fingerprint density at radius 2 is 1.83 bits per heavy atom. The molecule has 0 saturated heterocycles. The van der Waals surface area contributed by atoms with E-state index in [-0.39, 0.29) is 11.6 Å². The van der Waals surface area contributed by atoms with Crippen LogP contribution in [0, 0.1) is 11.6 Å². The molecule has 1 aromatic heterocycles. The first-order chi connectivity index (χ1) is 11.6. The maximum atomic E-state index is 13.1. The highest BCUT2D eigenvalue weighted by Crippen LogP contribution is 2.23. The number of halogens is 2. The zero-order chi connectivity index (χ0) is 16.9. The van der Waals surface area contributed by atoms with Crippen molar-refractivity contribution < 1.29 is 13.6 Å². The molecule has 0 fully saturated rings. The molecule has 1 amide bonds. The summed E-state index contributed by atoms with van der Waals surface area (Å²) >= 11 is 1.67. The number of benzene rings is 2. The first-order valence-corrected chi connectivity index (χ1v) is 8.52. The van der Waals surface area contributed by atoms with E-state index in [0.717, 1.165) is 41.6 Å². The van der Waals surface area contributed by atoms with Crippen molar-refractivity contribution in [2.24, 2.45) is 0 Å². The lowest BCUT2D eigenvalue weighted by Crippen LogP contribution is -2.11. The van der Waals surface area contributed by atoms with Crippen LogP contribution in [0.2, 0.25) is 0 Å². The molecule has 0 aliphatic rings. The van der Waals surface area contributed by atoms with E-state index in [9.17, 15) is 13.6 Å². The molecule has 0 radical (unpaired) electrons. The lowest BCUT2D eigenvalue weighted by Gasteiger charge is -2.05. The molecule has 0 saturated carbocycles. The molecule has 0 atom stereocenters. The number of thiazole rings is 1. The van der Waals surface area contributed by atoms with E-state index in [1.807, 2.05) is 24.3 Å². The van der Waals surface area contributed by atoms with Gasteiger partial charge in [-0.3, -0.25) is 4.79 Å². The van der Waals surface area contributed by atoms with Crippen LogP contribution in [0.4, 0.5) is 14.5 Å². The van der Waals surface area contributed by atoms with Gasteiger partial charge in [-0.15, -0.1) is 11.3 Å². The number of rotatable bonds is 6. The summed E-state index contributed by atoms with van der Waals surface area (Å²) in [5.74, 6) is -1.66. The minimum absolute atomic E-state index is 0.142. The lowest BCUT2D eigenvalue weighted by molar-refractivity contribution is -0.116. The average molecular weight is 346 g/mol. The van der Waals surface area contributed by atoms with Crippen molar-refractivity contribution in [3.8, 4) is 0 Å². The number of carbonyl (C=O) groups is 1. The molecule has 3 nitrogen and oxygen atoms in total. The minimum Gasteiger partial charge on any atom is -0.326 e. The van der Waals surface area contributed by atoms with Crippen molar-refractivity contribution in [3.63, 3.8) is 0 Å². The van der Waals surface area contributed by atoms with E-state index < -0.39 is 11.6 Å². The maximum Gasteiger partial charge on any atom is 0.224 e. The molecule has 1 N–H and O–H groups in total. The monoisotopic (exact) mass is 346 g/mol. The number of amides is 1. The van der Waals surface area contributed by atoms with Crippen LogP contribution in [0.5, 0.6) is 0 Å². The van der Waals surface area contributed by atoms with Crippen LogP contribution in [0.1, 0.15) is 24.3 Å². The summed E-state index contributed by atoms with van der Waals surface area (Å²) in [4.78, 5) is 16.4. The van der Waals surface area contributed by atoms with Gasteiger partial charge in [0.05, 0.1) is 15.2 Å². The summed E-state index contributed by atoms with van der Waals surface area (Å²) in [5.41, 5.74) is 1.15. The van der Waals surface area contributed by atoms with Crippen LogP contribution in [-0.4, -0.2) is 10.9 Å². The molecule has 3 rings (SSSR count). The number of hydrogen-bond donors (Lipinski definition) is 1. The van der Waals surface area contributed by atoms with Crippen LogP contribution in [0.3, 0.4) is 0 Å². The van der Waals surface area contributed by atoms with Gasteiger partial charge in [0.1, 0.15) is 11.6 Å². The van der Waals surface area contributed by atoms with Crippen molar-refractivity contribution in [2.45, 2.75) is 25.7 Å². The summed E-state index contributed by atoms with van der Waals surface area (Å²) < 4.78 is 27.3. The number of aryl methyl sites for hydroxylation is 1. The molecule has 0 aliphatic heterocycles. The summed E-state index contributed by atoms with van der Waals surface area (Å²) in [6.45, 7) is 0. The molecular weight excluding hydrogens is 330 g/mol. The third-order valence-corrected chi connectivity index (χ3v) is 4.63. The molecule has 0 bridgehead atoms. The molecule has 24 heavy (non-hydrogen) atoms. The number of aromatic nitrogens is 1. The van der Waals surface area contributed by atoms with Gasteiger partial charge >= 0.3 is 0 Å². The highest BCUT2D eigenvalue weighted by molar-refractivity contribution is 7.18. The van der Waals surface area contributed by atoms with Crippen molar-refractivity contribution in [2.75, 3.05) is 5.32 Å². The van der Waals surface area contributed by atoms with Gasteiger partial charge in [-0.1, -0.05) is 12.1 Å². The van der Waals surface area contributed by atoms with Gasteiger partial charge in [-0.2, -0.15) is 0 Å². The molecule has 0 aliphatic carbocycles. The fourth-order valence-electron chi connectivity index (χ4n) is 2.44. The first-order valence-electron chi connectivity index (χ1n) is 7.70.